The molecule has 0 aliphatic rings. The van der Waals surface area contributed by atoms with E-state index in [9.17, 15) is 0 Å². The van der Waals surface area contributed by atoms with Crippen LogP contribution in [0.4, 0.5) is 0 Å². The first-order valence-corrected chi connectivity index (χ1v) is 6.21. The number of pyridine rings is 1. The van der Waals surface area contributed by atoms with Crippen LogP contribution in [-0.4, -0.2) is 20.9 Å². The number of nitrogens with zero attached hydrogens (tertiary/aromatic N) is 1. The van der Waals surface area contributed by atoms with Gasteiger partial charge in [-0.15, -0.1) is 35.9 Å². The second-order valence-corrected chi connectivity index (χ2v) is 4.20. The molecule has 1 aromatic heterocycles. The van der Waals surface area contributed by atoms with Gasteiger partial charge in [-0.2, -0.15) is 0 Å². The molecule has 0 bridgehead atoms. The Kier molecular flexibility index (Phi) is 6.73. The zero-order valence-corrected chi connectivity index (χ0v) is 13.8. The summed E-state index contributed by atoms with van der Waals surface area (Å²) in [5.74, 6) is -0.583. The molecule has 1 heterocycles. The summed E-state index contributed by atoms with van der Waals surface area (Å²) in [5, 5.41) is 9.91. The predicted octanol–water partition coefficient (Wildman–Crippen LogP) is 3.77. The fraction of sp³-hybridized carbons (Fsp3) is 0.0588. The van der Waals surface area contributed by atoms with Crippen LogP contribution >= 0.6 is 0 Å². The van der Waals surface area contributed by atoms with Crippen LogP contribution < -0.4 is 0 Å². The van der Waals surface area contributed by atoms with E-state index in [4.69, 9.17) is 9.90 Å². The van der Waals surface area contributed by atoms with Crippen molar-refractivity contribution < 1.29 is 30.0 Å². The molecule has 0 saturated carbocycles. The second-order valence-electron chi connectivity index (χ2n) is 4.20. The molecule has 21 heavy (non-hydrogen) atoms. The summed E-state index contributed by atoms with van der Waals surface area (Å²) in [7, 11) is 0. The van der Waals surface area contributed by atoms with Gasteiger partial charge in [0.15, 0.2) is 0 Å². The first kappa shape index (κ1) is 17.0. The van der Waals surface area contributed by atoms with Crippen LogP contribution in [-0.2, 0) is 20.1 Å². The van der Waals surface area contributed by atoms with Gasteiger partial charge >= 0.3 is 5.97 Å². The number of aliphatic carboxylic acids is 1. The molecule has 0 saturated heterocycles. The van der Waals surface area contributed by atoms with Gasteiger partial charge in [-0.05, 0) is 22.5 Å². The van der Waals surface area contributed by atoms with Crippen LogP contribution in [0.1, 0.15) is 6.92 Å². The molecule has 109 valence electrons. The molecule has 0 spiro atoms. The average Bonchev–Trinajstić information content (AvgIpc) is 2.47. The Morgan fingerprint density at radius 1 is 1.10 bits per heavy atom. The molecular weight excluding hydrogens is 442 g/mol. The van der Waals surface area contributed by atoms with E-state index in [0.29, 0.717) is 0 Å². The van der Waals surface area contributed by atoms with Gasteiger partial charge in [0.1, 0.15) is 0 Å². The molecule has 0 aliphatic carbocycles. The maximum absolute atomic E-state index is 7.53. The Morgan fingerprint density at radius 3 is 2.43 bits per heavy atom. The number of benzene rings is 2. The van der Waals surface area contributed by atoms with E-state index in [1.165, 1.54) is 17.7 Å². The van der Waals surface area contributed by atoms with Crippen molar-refractivity contribution in [1.29, 1.82) is 0 Å². The number of aliphatic hydroxyl groups excluding tert-OH is 1. The smallest absolute Gasteiger partial charge is 0.339 e. The average molecular weight is 458 g/mol. The number of hydrogen-bond donors (Lipinski definition) is 1. The fourth-order valence-corrected chi connectivity index (χ4v) is 1.87. The maximum atomic E-state index is 7.53. The van der Waals surface area contributed by atoms with Crippen molar-refractivity contribution in [1.82, 2.24) is 4.98 Å². The van der Waals surface area contributed by atoms with Crippen molar-refractivity contribution >= 4 is 16.7 Å². The van der Waals surface area contributed by atoms with Crippen molar-refractivity contribution in [3.63, 3.8) is 0 Å². The van der Waals surface area contributed by atoms with Gasteiger partial charge < -0.3 is 14.9 Å². The zero-order chi connectivity index (χ0) is 14.4. The van der Waals surface area contributed by atoms with Gasteiger partial charge in [0.05, 0.1) is 6.92 Å². The molecule has 2 aromatic carbocycles. The Balaban J connectivity index is 0.000000397. The van der Waals surface area contributed by atoms with E-state index in [0.717, 1.165) is 11.3 Å². The third-order valence-corrected chi connectivity index (χ3v) is 2.64. The van der Waals surface area contributed by atoms with E-state index in [-0.39, 0.29) is 20.1 Å². The third-order valence-electron chi connectivity index (χ3n) is 2.64. The molecule has 0 unspecified atom stereocenters. The molecule has 0 amide bonds. The van der Waals surface area contributed by atoms with E-state index >= 15 is 0 Å². The normalized spacial score (nSPS) is 9.19. The van der Waals surface area contributed by atoms with Gasteiger partial charge in [-0.25, -0.2) is 0 Å². The molecule has 1 radical (unpaired) electrons. The Hall–Kier alpha value is -2.03. The monoisotopic (exact) mass is 458 g/mol. The summed E-state index contributed by atoms with van der Waals surface area (Å²) >= 11 is 0. The molecular formula is C17H15IrNO2. The predicted molar refractivity (Wildman–Crippen MR) is 81.3 cm³/mol. The number of carboxylic acid groups (broad SMARTS) is 1. The van der Waals surface area contributed by atoms with E-state index in [1.54, 1.807) is 0 Å². The first-order chi connectivity index (χ1) is 9.68. The summed E-state index contributed by atoms with van der Waals surface area (Å²) < 4.78 is 0. The molecule has 0 fully saturated rings. The number of rotatable bonds is 1. The van der Waals surface area contributed by atoms with E-state index < -0.39 is 5.97 Å². The summed E-state index contributed by atoms with van der Waals surface area (Å²) in [6.07, 6.45) is 1.85. The van der Waals surface area contributed by atoms with Crippen LogP contribution in [0.2, 0.25) is 0 Å². The minimum Gasteiger partial charge on any atom is -0.339 e. The minimum absolute atomic E-state index is 0. The first-order valence-electron chi connectivity index (χ1n) is 6.21. The minimum atomic E-state index is -0.583. The Labute approximate surface area is 137 Å². The van der Waals surface area contributed by atoms with E-state index in [1.807, 2.05) is 48.7 Å². The maximum Gasteiger partial charge on any atom is 0.477 e. The van der Waals surface area contributed by atoms with Crippen LogP contribution in [0.5, 0.6) is 0 Å². The van der Waals surface area contributed by atoms with Crippen molar-refractivity contribution in [3.8, 4) is 11.3 Å². The molecule has 0 aliphatic heterocycles. The molecule has 0 atom stereocenters. The summed E-state index contributed by atoms with van der Waals surface area (Å²) in [5.41, 5.74) is 2.04. The molecule has 3 rings (SSSR count). The van der Waals surface area contributed by atoms with Gasteiger partial charge in [0.25, 0.3) is 0 Å². The standard InChI is InChI=1S/C15H10N.C2H4O2.Ir/c1-2-7-13(8-3-1)15-14-9-5-4-6-12(14)10-11-16-15;1-2(3)4;/h1-7,9-11H;1H3,(H,3,4);/q-1;;/p+1. The number of fused-ring (bicyclic) bond motifs is 1. The topological polar surface area (TPSA) is 54.5 Å². The second kappa shape index (κ2) is 8.30. The fourth-order valence-electron chi connectivity index (χ4n) is 1.87. The Bertz CT molecular complexity index is 705. The summed E-state index contributed by atoms with van der Waals surface area (Å²) in [4.78, 5) is 12.0. The van der Waals surface area contributed by atoms with Crippen LogP contribution in [0.25, 0.3) is 22.0 Å². The van der Waals surface area contributed by atoms with E-state index in [2.05, 4.69) is 23.2 Å². The molecule has 4 heteroatoms. The number of aromatic nitrogens is 1. The number of carboxylic acids is 1. The van der Waals surface area contributed by atoms with Gasteiger partial charge in [0.2, 0.25) is 0 Å². The Morgan fingerprint density at radius 2 is 1.76 bits per heavy atom. The number of hydrogen-bond acceptors (Lipinski definition) is 1. The van der Waals surface area contributed by atoms with Gasteiger partial charge in [-0.1, -0.05) is 24.3 Å². The van der Waals surface area contributed by atoms with Crippen LogP contribution in [0, 0.1) is 6.07 Å². The van der Waals surface area contributed by atoms with Crippen molar-refractivity contribution in [2.75, 3.05) is 0 Å². The molecule has 3 aromatic rings. The van der Waals surface area contributed by atoms with Crippen molar-refractivity contribution in [2.24, 2.45) is 0 Å². The van der Waals surface area contributed by atoms with Crippen LogP contribution in [0.3, 0.4) is 0 Å². The van der Waals surface area contributed by atoms with Gasteiger partial charge in [-0.3, -0.25) is 0 Å². The largest absolute Gasteiger partial charge is 0.477 e. The SMILES string of the molecule is CC(O)=[OH+].[Ir].[c-]1ccccc1-c1nccc2ccccc12. The van der Waals surface area contributed by atoms with Gasteiger partial charge in [0, 0.05) is 26.3 Å². The quantitative estimate of drug-likeness (QED) is 0.447. The summed E-state index contributed by atoms with van der Waals surface area (Å²) in [6, 6.07) is 21.4. The molecule has 3 nitrogen and oxygen atoms in total. The van der Waals surface area contributed by atoms with Crippen molar-refractivity contribution in [2.45, 2.75) is 6.92 Å². The van der Waals surface area contributed by atoms with Crippen molar-refractivity contribution in [3.05, 3.63) is 66.9 Å². The summed E-state index contributed by atoms with van der Waals surface area (Å²) in [6.45, 7) is 1.19. The molecule has 2 N–H and O–H groups in total. The van der Waals surface area contributed by atoms with Crippen LogP contribution in [0.15, 0.2) is 60.8 Å². The zero-order valence-electron chi connectivity index (χ0n) is 11.4. The third kappa shape index (κ3) is 4.78.